The Balaban J connectivity index is 1.51. The number of rotatable bonds is 5. The van der Waals surface area contributed by atoms with Crippen LogP contribution in [0.2, 0.25) is 0 Å². The maximum atomic E-state index is 13.0. The minimum Gasteiger partial charge on any atom is -0.495 e. The molecule has 2 N–H and O–H groups in total. The molecule has 2 amide bonds. The minimum atomic E-state index is -0.287. The van der Waals surface area contributed by atoms with Gasteiger partial charge < -0.3 is 15.4 Å². The minimum absolute atomic E-state index is 0.184. The van der Waals surface area contributed by atoms with Gasteiger partial charge in [0.2, 0.25) is 0 Å². The largest absolute Gasteiger partial charge is 0.495 e. The summed E-state index contributed by atoms with van der Waals surface area (Å²) >= 11 is 3.56. The molecule has 0 saturated carbocycles. The molecule has 4 aromatic carbocycles. The van der Waals surface area contributed by atoms with Crippen molar-refractivity contribution in [3.63, 3.8) is 0 Å². The van der Waals surface area contributed by atoms with E-state index in [2.05, 4.69) is 26.6 Å². The smallest absolute Gasteiger partial charge is 0.259 e. The van der Waals surface area contributed by atoms with Gasteiger partial charge in [0.15, 0.2) is 0 Å². The van der Waals surface area contributed by atoms with E-state index >= 15 is 0 Å². The summed E-state index contributed by atoms with van der Waals surface area (Å²) in [4.78, 5) is 25.4. The van der Waals surface area contributed by atoms with Gasteiger partial charge >= 0.3 is 0 Å². The molecule has 4 aromatic rings. The summed E-state index contributed by atoms with van der Waals surface area (Å²) in [6, 6.07) is 24.0. The van der Waals surface area contributed by atoms with E-state index in [0.717, 1.165) is 20.8 Å². The molecule has 0 saturated heterocycles. The lowest BCUT2D eigenvalue weighted by Crippen LogP contribution is -2.14. The molecule has 5 nitrogen and oxygen atoms in total. The van der Waals surface area contributed by atoms with Gasteiger partial charge in [-0.1, -0.05) is 42.0 Å². The predicted molar refractivity (Wildman–Crippen MR) is 132 cm³/mol. The topological polar surface area (TPSA) is 67.4 Å². The SMILES string of the molecule is COc1c(C(=O)Nc2ccc(NC(=O)c3cccc(C)c3)cc2)cc2ccccc2c1Br. The Bertz CT molecular complexity index is 1320. The normalized spacial score (nSPS) is 10.6. The van der Waals surface area contributed by atoms with Crippen molar-refractivity contribution in [2.45, 2.75) is 6.92 Å². The number of benzene rings is 4. The molecule has 0 aliphatic carbocycles. The van der Waals surface area contributed by atoms with Crippen molar-refractivity contribution < 1.29 is 14.3 Å². The summed E-state index contributed by atoms with van der Waals surface area (Å²) in [7, 11) is 1.54. The number of methoxy groups -OCH3 is 1. The second kappa shape index (κ2) is 9.24. The zero-order valence-electron chi connectivity index (χ0n) is 17.6. The van der Waals surface area contributed by atoms with Crippen molar-refractivity contribution in [1.82, 2.24) is 0 Å². The number of hydrogen-bond acceptors (Lipinski definition) is 3. The highest BCUT2D eigenvalue weighted by Gasteiger charge is 2.18. The molecule has 0 unspecified atom stereocenters. The summed E-state index contributed by atoms with van der Waals surface area (Å²) in [5.74, 6) is 0.00400. The first kappa shape index (κ1) is 21.6. The van der Waals surface area contributed by atoms with Crippen LogP contribution in [0.15, 0.2) is 83.3 Å². The first-order chi connectivity index (χ1) is 15.5. The molecular formula is C26H21BrN2O3. The number of anilines is 2. The zero-order valence-corrected chi connectivity index (χ0v) is 19.2. The van der Waals surface area contributed by atoms with E-state index in [9.17, 15) is 9.59 Å². The molecule has 0 spiro atoms. The van der Waals surface area contributed by atoms with E-state index in [1.807, 2.05) is 55.5 Å². The van der Waals surface area contributed by atoms with Gasteiger partial charge in [0.25, 0.3) is 11.8 Å². The maximum absolute atomic E-state index is 13.0. The third-order valence-electron chi connectivity index (χ3n) is 5.07. The first-order valence-electron chi connectivity index (χ1n) is 10.0. The van der Waals surface area contributed by atoms with Crippen molar-refractivity contribution in [3.05, 3.63) is 100 Å². The quantitative estimate of drug-likeness (QED) is 0.340. The Morgan fingerprint density at radius 3 is 2.12 bits per heavy atom. The van der Waals surface area contributed by atoms with Gasteiger partial charge in [-0.3, -0.25) is 9.59 Å². The summed E-state index contributed by atoms with van der Waals surface area (Å²) in [6.45, 7) is 1.94. The Kier molecular flexibility index (Phi) is 6.23. The van der Waals surface area contributed by atoms with Crippen LogP contribution in [0.3, 0.4) is 0 Å². The Morgan fingerprint density at radius 2 is 1.47 bits per heavy atom. The van der Waals surface area contributed by atoms with Crippen molar-refractivity contribution in [1.29, 1.82) is 0 Å². The number of carbonyl (C=O) groups excluding carboxylic acids is 2. The van der Waals surface area contributed by atoms with Crippen molar-refractivity contribution >= 4 is 49.9 Å². The molecule has 6 heteroatoms. The molecule has 160 valence electrons. The molecule has 0 radical (unpaired) electrons. The Morgan fingerprint density at radius 1 is 0.812 bits per heavy atom. The van der Waals surface area contributed by atoms with E-state index < -0.39 is 0 Å². The second-order valence-corrected chi connectivity index (χ2v) is 8.14. The third kappa shape index (κ3) is 4.50. The average Bonchev–Trinajstić information content (AvgIpc) is 2.80. The van der Waals surface area contributed by atoms with Crippen LogP contribution in [0.5, 0.6) is 5.75 Å². The van der Waals surface area contributed by atoms with Crippen LogP contribution in [0.4, 0.5) is 11.4 Å². The van der Waals surface area contributed by atoms with Crippen LogP contribution in [0, 0.1) is 6.92 Å². The highest BCUT2D eigenvalue weighted by molar-refractivity contribution is 9.10. The van der Waals surface area contributed by atoms with Gasteiger partial charge in [0.1, 0.15) is 5.75 Å². The number of aryl methyl sites for hydroxylation is 1. The predicted octanol–water partition coefficient (Wildman–Crippen LogP) is 6.42. The van der Waals surface area contributed by atoms with Gasteiger partial charge in [0.05, 0.1) is 17.1 Å². The van der Waals surface area contributed by atoms with Gasteiger partial charge in [-0.2, -0.15) is 0 Å². The zero-order chi connectivity index (χ0) is 22.7. The van der Waals surface area contributed by atoms with Crippen LogP contribution >= 0.6 is 15.9 Å². The molecule has 4 rings (SSSR count). The van der Waals surface area contributed by atoms with Gasteiger partial charge in [-0.05, 0) is 76.1 Å². The van der Waals surface area contributed by atoms with Crippen LogP contribution in [-0.4, -0.2) is 18.9 Å². The third-order valence-corrected chi connectivity index (χ3v) is 5.86. The van der Waals surface area contributed by atoms with Crippen molar-refractivity contribution in [2.24, 2.45) is 0 Å². The number of carbonyl (C=O) groups is 2. The lowest BCUT2D eigenvalue weighted by molar-refractivity contribution is 0.101. The number of ether oxygens (including phenoxy) is 1. The highest BCUT2D eigenvalue weighted by Crippen LogP contribution is 2.37. The first-order valence-corrected chi connectivity index (χ1v) is 10.8. The van der Waals surface area contributed by atoms with Crippen molar-refractivity contribution in [3.8, 4) is 5.75 Å². The number of hydrogen-bond donors (Lipinski definition) is 2. The van der Waals surface area contributed by atoms with Crippen LogP contribution < -0.4 is 15.4 Å². The van der Waals surface area contributed by atoms with E-state index in [4.69, 9.17) is 4.74 Å². The summed E-state index contributed by atoms with van der Waals surface area (Å²) in [5.41, 5.74) is 3.29. The maximum Gasteiger partial charge on any atom is 0.259 e. The molecule has 32 heavy (non-hydrogen) atoms. The number of halogens is 1. The number of nitrogens with one attached hydrogen (secondary N) is 2. The summed E-state index contributed by atoms with van der Waals surface area (Å²) < 4.78 is 6.23. The second-order valence-electron chi connectivity index (χ2n) is 7.35. The van der Waals surface area contributed by atoms with Gasteiger partial charge in [-0.15, -0.1) is 0 Å². The van der Waals surface area contributed by atoms with E-state index in [1.54, 1.807) is 30.3 Å². The Hall–Kier alpha value is -3.64. The highest BCUT2D eigenvalue weighted by atomic mass is 79.9. The number of amides is 2. The monoisotopic (exact) mass is 488 g/mol. The molecule has 0 aliphatic rings. The molecule has 0 aliphatic heterocycles. The van der Waals surface area contributed by atoms with Crippen LogP contribution in [-0.2, 0) is 0 Å². The lowest BCUT2D eigenvalue weighted by atomic mass is 10.1. The van der Waals surface area contributed by atoms with E-state index in [-0.39, 0.29) is 11.8 Å². The molecule has 0 heterocycles. The molecule has 0 atom stereocenters. The fraction of sp³-hybridized carbons (Fsp3) is 0.0769. The van der Waals surface area contributed by atoms with Crippen LogP contribution in [0.25, 0.3) is 10.8 Å². The van der Waals surface area contributed by atoms with Gasteiger partial charge in [-0.25, -0.2) is 0 Å². The summed E-state index contributed by atoms with van der Waals surface area (Å²) in [5, 5.41) is 7.66. The average molecular weight is 489 g/mol. The Labute approximate surface area is 194 Å². The molecule has 0 bridgehead atoms. The standard InChI is InChI=1S/C26H21BrN2O3/c1-16-6-5-8-18(14-16)25(30)28-19-10-12-20(13-11-19)29-26(31)22-15-17-7-3-4-9-21(17)23(27)24(22)32-2/h3-15H,1-2H3,(H,28,30)(H,29,31). The fourth-order valence-corrected chi connectivity index (χ4v) is 4.21. The fourth-order valence-electron chi connectivity index (χ4n) is 3.48. The van der Waals surface area contributed by atoms with Gasteiger partial charge in [0, 0.05) is 16.9 Å². The van der Waals surface area contributed by atoms with Crippen LogP contribution in [0.1, 0.15) is 26.3 Å². The van der Waals surface area contributed by atoms with E-state index in [0.29, 0.717) is 28.3 Å². The molecule has 0 aromatic heterocycles. The summed E-state index contributed by atoms with van der Waals surface area (Å²) in [6.07, 6.45) is 0. The molecule has 0 fully saturated rings. The van der Waals surface area contributed by atoms with Crippen molar-refractivity contribution in [2.75, 3.05) is 17.7 Å². The van der Waals surface area contributed by atoms with E-state index in [1.165, 1.54) is 7.11 Å². The number of fused-ring (bicyclic) bond motifs is 1. The lowest BCUT2D eigenvalue weighted by Gasteiger charge is -2.14. The molecular weight excluding hydrogens is 468 g/mol.